The van der Waals surface area contributed by atoms with E-state index < -0.39 is 24.2 Å². The predicted molar refractivity (Wildman–Crippen MR) is 87.3 cm³/mol. The highest BCUT2D eigenvalue weighted by atomic mass is 19.4. The molecular formula is C17H19F3N4O. The fourth-order valence-corrected chi connectivity index (χ4v) is 2.92. The Morgan fingerprint density at radius 2 is 2.00 bits per heavy atom. The van der Waals surface area contributed by atoms with Crippen LogP contribution in [0.15, 0.2) is 36.4 Å². The first kappa shape index (κ1) is 17.3. The largest absolute Gasteiger partial charge is 0.410 e. The second-order valence-corrected chi connectivity index (χ2v) is 6.39. The summed E-state index contributed by atoms with van der Waals surface area (Å²) in [6, 6.07) is 7.90. The van der Waals surface area contributed by atoms with Crippen molar-refractivity contribution in [3.63, 3.8) is 0 Å². The number of rotatable bonds is 3. The maximum Gasteiger partial charge on any atom is 0.410 e. The van der Waals surface area contributed by atoms with Crippen molar-refractivity contribution < 1.29 is 18.0 Å². The number of amides is 1. The van der Waals surface area contributed by atoms with Crippen LogP contribution in [0.25, 0.3) is 0 Å². The molecule has 3 rings (SSSR count). The smallest absolute Gasteiger partial charge is 0.363 e. The van der Waals surface area contributed by atoms with Crippen molar-refractivity contribution in [3.05, 3.63) is 47.7 Å². The van der Waals surface area contributed by atoms with E-state index in [1.54, 1.807) is 38.1 Å². The van der Waals surface area contributed by atoms with Gasteiger partial charge in [0.05, 0.1) is 6.04 Å². The van der Waals surface area contributed by atoms with Crippen molar-refractivity contribution >= 4 is 11.7 Å². The van der Waals surface area contributed by atoms with Crippen molar-refractivity contribution in [1.29, 1.82) is 0 Å². The minimum absolute atomic E-state index is 0.0286. The number of carbonyl (C=O) groups is 1. The van der Waals surface area contributed by atoms with Crippen molar-refractivity contribution in [1.82, 2.24) is 15.1 Å². The van der Waals surface area contributed by atoms with Crippen LogP contribution in [0.2, 0.25) is 0 Å². The summed E-state index contributed by atoms with van der Waals surface area (Å²) in [5.41, 5.74) is 0.733. The van der Waals surface area contributed by atoms with E-state index in [1.165, 1.54) is 6.07 Å². The van der Waals surface area contributed by atoms with Gasteiger partial charge in [-0.1, -0.05) is 30.3 Å². The van der Waals surface area contributed by atoms with Gasteiger partial charge in [0.15, 0.2) is 11.7 Å². The molecule has 0 radical (unpaired) electrons. The van der Waals surface area contributed by atoms with E-state index in [0.29, 0.717) is 0 Å². The van der Waals surface area contributed by atoms with Crippen LogP contribution in [-0.2, 0) is 0 Å². The average Bonchev–Trinajstić information content (AvgIpc) is 2.97. The number of alkyl halides is 3. The number of carbonyl (C=O) groups excluding carboxylic acids is 1. The molecule has 2 atom stereocenters. The van der Waals surface area contributed by atoms with Gasteiger partial charge in [0.2, 0.25) is 0 Å². The third-order valence-corrected chi connectivity index (χ3v) is 4.04. The Hall–Kier alpha value is -2.51. The molecule has 2 N–H and O–H groups in total. The summed E-state index contributed by atoms with van der Waals surface area (Å²) in [7, 11) is 0. The van der Waals surface area contributed by atoms with Crippen LogP contribution < -0.4 is 10.6 Å². The van der Waals surface area contributed by atoms with E-state index in [2.05, 4.69) is 15.7 Å². The Morgan fingerprint density at radius 3 is 2.60 bits per heavy atom. The second kappa shape index (κ2) is 6.42. The molecule has 1 aromatic heterocycles. The van der Waals surface area contributed by atoms with Gasteiger partial charge in [-0.25, -0.2) is 4.68 Å². The minimum Gasteiger partial charge on any atom is -0.363 e. The molecule has 1 amide bonds. The lowest BCUT2D eigenvalue weighted by Crippen LogP contribution is -2.36. The fourth-order valence-electron chi connectivity index (χ4n) is 2.92. The van der Waals surface area contributed by atoms with Crippen LogP contribution >= 0.6 is 0 Å². The first-order valence-electron chi connectivity index (χ1n) is 8.04. The predicted octanol–water partition coefficient (Wildman–Crippen LogP) is 3.68. The van der Waals surface area contributed by atoms with Crippen molar-refractivity contribution in [2.75, 3.05) is 5.32 Å². The third-order valence-electron chi connectivity index (χ3n) is 4.04. The van der Waals surface area contributed by atoms with Gasteiger partial charge in [0.1, 0.15) is 5.82 Å². The van der Waals surface area contributed by atoms with Gasteiger partial charge in [-0.3, -0.25) is 4.79 Å². The van der Waals surface area contributed by atoms with Crippen LogP contribution in [0.4, 0.5) is 19.0 Å². The number of benzene rings is 1. The Morgan fingerprint density at radius 1 is 1.32 bits per heavy atom. The number of hydrogen-bond acceptors (Lipinski definition) is 3. The zero-order valence-corrected chi connectivity index (χ0v) is 13.8. The summed E-state index contributed by atoms with van der Waals surface area (Å²) in [5, 5.41) is 9.61. The SMILES string of the molecule is CC(C)NC(=O)c1cc2n(n1)[C@H](C(F)(F)F)C[C@H](c1ccccc1)N2. The molecule has 134 valence electrons. The third kappa shape index (κ3) is 3.62. The second-order valence-electron chi connectivity index (χ2n) is 6.39. The molecule has 0 saturated heterocycles. The molecular weight excluding hydrogens is 333 g/mol. The maximum atomic E-state index is 13.5. The van der Waals surface area contributed by atoms with Crippen LogP contribution in [0.5, 0.6) is 0 Å². The summed E-state index contributed by atoms with van der Waals surface area (Å²) in [5.74, 6) is -0.299. The van der Waals surface area contributed by atoms with Gasteiger partial charge in [0, 0.05) is 18.5 Å². The fraction of sp³-hybridized carbons (Fsp3) is 0.412. The minimum atomic E-state index is -4.46. The van der Waals surface area contributed by atoms with Gasteiger partial charge < -0.3 is 10.6 Å². The molecule has 0 aliphatic carbocycles. The topological polar surface area (TPSA) is 59.0 Å². The van der Waals surface area contributed by atoms with E-state index in [1.807, 2.05) is 6.07 Å². The first-order chi connectivity index (χ1) is 11.8. The molecule has 1 aliphatic heterocycles. The summed E-state index contributed by atoms with van der Waals surface area (Å²) < 4.78 is 41.5. The first-order valence-corrected chi connectivity index (χ1v) is 8.04. The molecule has 8 heteroatoms. The summed E-state index contributed by atoms with van der Waals surface area (Å²) in [6.45, 7) is 3.55. The van der Waals surface area contributed by atoms with Gasteiger partial charge in [-0.05, 0) is 19.4 Å². The Balaban J connectivity index is 1.96. The van der Waals surface area contributed by atoms with E-state index in [0.717, 1.165) is 10.2 Å². The summed E-state index contributed by atoms with van der Waals surface area (Å²) >= 11 is 0. The number of fused-ring (bicyclic) bond motifs is 1. The molecule has 5 nitrogen and oxygen atoms in total. The van der Waals surface area contributed by atoms with E-state index in [4.69, 9.17) is 0 Å². The molecule has 2 heterocycles. The van der Waals surface area contributed by atoms with Gasteiger partial charge >= 0.3 is 6.18 Å². The number of nitrogens with zero attached hydrogens (tertiary/aromatic N) is 2. The van der Waals surface area contributed by atoms with Crippen LogP contribution in [0, 0.1) is 0 Å². The van der Waals surface area contributed by atoms with Crippen LogP contribution in [0.1, 0.15) is 48.4 Å². The molecule has 0 unspecified atom stereocenters. The van der Waals surface area contributed by atoms with E-state index in [9.17, 15) is 18.0 Å². The average molecular weight is 352 g/mol. The highest BCUT2D eigenvalue weighted by molar-refractivity contribution is 5.93. The molecule has 2 aromatic rings. The molecule has 0 bridgehead atoms. The molecule has 0 spiro atoms. The van der Waals surface area contributed by atoms with Crippen LogP contribution in [0.3, 0.4) is 0 Å². The monoisotopic (exact) mass is 352 g/mol. The molecule has 1 aliphatic rings. The van der Waals surface area contributed by atoms with Gasteiger partial charge in [-0.2, -0.15) is 18.3 Å². The normalized spacial score (nSPS) is 20.1. The molecule has 1 aromatic carbocycles. The zero-order chi connectivity index (χ0) is 18.2. The number of anilines is 1. The lowest BCUT2D eigenvalue weighted by Gasteiger charge is -2.33. The summed E-state index contributed by atoms with van der Waals surface area (Å²) in [4.78, 5) is 12.1. The number of halogens is 3. The van der Waals surface area contributed by atoms with Crippen molar-refractivity contribution in [2.45, 2.75) is 44.6 Å². The van der Waals surface area contributed by atoms with Crippen LogP contribution in [-0.4, -0.2) is 27.9 Å². The summed E-state index contributed by atoms with van der Waals surface area (Å²) in [6.07, 6.45) is -4.64. The quantitative estimate of drug-likeness (QED) is 0.886. The highest BCUT2D eigenvalue weighted by Gasteiger charge is 2.46. The molecule has 0 saturated carbocycles. The van der Waals surface area contributed by atoms with Gasteiger partial charge in [-0.15, -0.1) is 0 Å². The Labute approximate surface area is 143 Å². The van der Waals surface area contributed by atoms with Crippen molar-refractivity contribution in [2.24, 2.45) is 0 Å². The number of hydrogen-bond donors (Lipinski definition) is 2. The van der Waals surface area contributed by atoms with Crippen molar-refractivity contribution in [3.8, 4) is 0 Å². The zero-order valence-electron chi connectivity index (χ0n) is 13.8. The lowest BCUT2D eigenvalue weighted by molar-refractivity contribution is -0.173. The highest BCUT2D eigenvalue weighted by Crippen LogP contribution is 2.43. The Kier molecular flexibility index (Phi) is 4.45. The van der Waals surface area contributed by atoms with E-state index in [-0.39, 0.29) is 24.0 Å². The standard InChI is InChI=1S/C17H19F3N4O/c1-10(2)21-16(25)13-9-15-22-12(11-6-4-3-5-7-11)8-14(17(18,19)20)24(15)23-13/h3-7,9-10,12,14,22H,8H2,1-2H3,(H,21,25)/t12-,14+/m1/s1. The van der Waals surface area contributed by atoms with Gasteiger partial charge in [0.25, 0.3) is 5.91 Å². The molecule has 0 fully saturated rings. The Bertz CT molecular complexity index is 755. The molecule has 25 heavy (non-hydrogen) atoms. The number of nitrogens with one attached hydrogen (secondary N) is 2. The number of aromatic nitrogens is 2. The van der Waals surface area contributed by atoms with E-state index >= 15 is 0 Å². The lowest BCUT2D eigenvalue weighted by atomic mass is 9.97. The maximum absolute atomic E-state index is 13.5.